The van der Waals surface area contributed by atoms with E-state index in [4.69, 9.17) is 4.74 Å². The van der Waals surface area contributed by atoms with Gasteiger partial charge in [0.25, 0.3) is 11.6 Å². The summed E-state index contributed by atoms with van der Waals surface area (Å²) in [7, 11) is 0. The van der Waals surface area contributed by atoms with Crippen LogP contribution in [0.25, 0.3) is 0 Å². The number of halogens is 1. The number of hydrogen-bond acceptors (Lipinski definition) is 5. The van der Waals surface area contributed by atoms with E-state index in [0.717, 1.165) is 3.57 Å². The zero-order chi connectivity index (χ0) is 17.8. The molecule has 1 amide bonds. The Balaban J connectivity index is 1.89. The Morgan fingerprint density at radius 2 is 1.84 bits per heavy atom. The molecule has 1 fully saturated rings. The normalized spacial score (nSPS) is 14.2. The van der Waals surface area contributed by atoms with E-state index in [2.05, 4.69) is 27.9 Å². The summed E-state index contributed by atoms with van der Waals surface area (Å²) in [6, 6.07) is 11.7. The minimum absolute atomic E-state index is 0.00578. The van der Waals surface area contributed by atoms with E-state index < -0.39 is 4.92 Å². The SMILES string of the molecule is O=C(Nc1ccc([N+](=O)[O-])cc1N1CCOCC1)c1ccc(I)cc1. The highest BCUT2D eigenvalue weighted by Gasteiger charge is 2.20. The molecule has 0 saturated carbocycles. The highest BCUT2D eigenvalue weighted by atomic mass is 127. The van der Waals surface area contributed by atoms with Gasteiger partial charge in [0.1, 0.15) is 0 Å². The number of rotatable bonds is 4. The molecule has 0 radical (unpaired) electrons. The molecule has 2 aromatic carbocycles. The van der Waals surface area contributed by atoms with Crippen LogP contribution >= 0.6 is 22.6 Å². The average molecular weight is 453 g/mol. The van der Waals surface area contributed by atoms with Crippen LogP contribution in [0, 0.1) is 13.7 Å². The van der Waals surface area contributed by atoms with Gasteiger partial charge < -0.3 is 15.0 Å². The lowest BCUT2D eigenvalue weighted by molar-refractivity contribution is -0.384. The topological polar surface area (TPSA) is 84.7 Å². The molecule has 1 aliphatic heterocycles. The third kappa shape index (κ3) is 4.26. The number of carbonyl (C=O) groups is 1. The number of hydrogen-bond donors (Lipinski definition) is 1. The Hall–Kier alpha value is -2.20. The maximum atomic E-state index is 12.5. The van der Waals surface area contributed by atoms with Gasteiger partial charge in [0.15, 0.2) is 0 Å². The van der Waals surface area contributed by atoms with Crippen LogP contribution in [0.5, 0.6) is 0 Å². The van der Waals surface area contributed by atoms with Gasteiger partial charge in [-0.15, -0.1) is 0 Å². The number of anilines is 2. The molecule has 1 heterocycles. The smallest absolute Gasteiger partial charge is 0.271 e. The Kier molecular flexibility index (Phi) is 5.49. The van der Waals surface area contributed by atoms with Gasteiger partial charge in [-0.3, -0.25) is 14.9 Å². The molecule has 3 rings (SSSR count). The Morgan fingerprint density at radius 1 is 1.16 bits per heavy atom. The van der Waals surface area contributed by atoms with Crippen LogP contribution in [0.1, 0.15) is 10.4 Å². The molecule has 1 N–H and O–H groups in total. The van der Waals surface area contributed by atoms with E-state index in [-0.39, 0.29) is 11.6 Å². The van der Waals surface area contributed by atoms with Crippen LogP contribution in [0.4, 0.5) is 17.1 Å². The zero-order valence-electron chi connectivity index (χ0n) is 13.3. The molecule has 0 bridgehead atoms. The number of nitro benzene ring substituents is 1. The first-order valence-corrected chi connectivity index (χ1v) is 8.80. The number of nitrogens with zero attached hydrogens (tertiary/aromatic N) is 2. The lowest BCUT2D eigenvalue weighted by Crippen LogP contribution is -2.36. The van der Waals surface area contributed by atoms with Gasteiger partial charge in [0.05, 0.1) is 29.5 Å². The summed E-state index contributed by atoms with van der Waals surface area (Å²) in [6.45, 7) is 2.33. The maximum absolute atomic E-state index is 12.5. The van der Waals surface area contributed by atoms with E-state index in [0.29, 0.717) is 43.2 Å². The molecule has 7 nitrogen and oxygen atoms in total. The number of morpholine rings is 1. The summed E-state index contributed by atoms with van der Waals surface area (Å²) in [5.74, 6) is -0.250. The average Bonchev–Trinajstić information content (AvgIpc) is 2.63. The lowest BCUT2D eigenvalue weighted by atomic mass is 10.1. The van der Waals surface area contributed by atoms with Crippen LogP contribution < -0.4 is 10.2 Å². The fourth-order valence-electron chi connectivity index (χ4n) is 2.60. The van der Waals surface area contributed by atoms with Crippen molar-refractivity contribution in [3.8, 4) is 0 Å². The summed E-state index contributed by atoms with van der Waals surface area (Å²) in [5, 5.41) is 14.0. The molecule has 1 saturated heterocycles. The minimum Gasteiger partial charge on any atom is -0.378 e. The second kappa shape index (κ2) is 7.79. The van der Waals surface area contributed by atoms with Gasteiger partial charge in [-0.25, -0.2) is 0 Å². The van der Waals surface area contributed by atoms with Crippen molar-refractivity contribution < 1.29 is 14.5 Å². The molecule has 25 heavy (non-hydrogen) atoms. The first kappa shape index (κ1) is 17.6. The van der Waals surface area contributed by atoms with Crippen molar-refractivity contribution in [2.45, 2.75) is 0 Å². The largest absolute Gasteiger partial charge is 0.378 e. The summed E-state index contributed by atoms with van der Waals surface area (Å²) in [5.41, 5.74) is 1.72. The van der Waals surface area contributed by atoms with Gasteiger partial charge in [-0.2, -0.15) is 0 Å². The number of ether oxygens (including phenoxy) is 1. The molecule has 2 aromatic rings. The fourth-order valence-corrected chi connectivity index (χ4v) is 2.96. The molecular formula is C17H16IN3O4. The molecule has 0 unspecified atom stereocenters. The molecule has 130 valence electrons. The second-order valence-electron chi connectivity index (χ2n) is 5.52. The Morgan fingerprint density at radius 3 is 2.48 bits per heavy atom. The van der Waals surface area contributed by atoms with Crippen molar-refractivity contribution >= 4 is 45.6 Å². The quantitative estimate of drug-likeness (QED) is 0.437. The Bertz CT molecular complexity index is 789. The van der Waals surface area contributed by atoms with E-state index >= 15 is 0 Å². The van der Waals surface area contributed by atoms with Gasteiger partial charge in [0.2, 0.25) is 0 Å². The van der Waals surface area contributed by atoms with Gasteiger partial charge in [0, 0.05) is 34.4 Å². The van der Waals surface area contributed by atoms with Gasteiger partial charge >= 0.3 is 0 Å². The van der Waals surface area contributed by atoms with Gasteiger partial charge in [-0.1, -0.05) is 0 Å². The van der Waals surface area contributed by atoms with Crippen molar-refractivity contribution in [3.63, 3.8) is 0 Å². The van der Waals surface area contributed by atoms with Crippen molar-refractivity contribution in [1.29, 1.82) is 0 Å². The van der Waals surface area contributed by atoms with Crippen LogP contribution in [-0.2, 0) is 4.74 Å². The molecule has 0 aliphatic carbocycles. The number of amides is 1. The van der Waals surface area contributed by atoms with E-state index in [1.165, 1.54) is 12.1 Å². The highest BCUT2D eigenvalue weighted by Crippen LogP contribution is 2.31. The summed E-state index contributed by atoms with van der Waals surface area (Å²) < 4.78 is 6.38. The Labute approximate surface area is 158 Å². The van der Waals surface area contributed by atoms with Crippen molar-refractivity contribution in [2.24, 2.45) is 0 Å². The summed E-state index contributed by atoms with van der Waals surface area (Å²) >= 11 is 2.17. The maximum Gasteiger partial charge on any atom is 0.271 e. The number of non-ortho nitro benzene ring substituents is 1. The zero-order valence-corrected chi connectivity index (χ0v) is 15.4. The molecule has 0 spiro atoms. The monoisotopic (exact) mass is 453 g/mol. The standard InChI is InChI=1S/C17H16IN3O4/c18-13-3-1-12(2-4-13)17(22)19-15-6-5-14(21(23)24)11-16(15)20-7-9-25-10-8-20/h1-6,11H,7-10H2,(H,19,22). The fraction of sp³-hybridized carbons (Fsp3) is 0.235. The molecule has 1 aliphatic rings. The predicted molar refractivity (Wildman–Crippen MR) is 103 cm³/mol. The number of carbonyl (C=O) groups excluding carboxylic acids is 1. The van der Waals surface area contributed by atoms with Crippen molar-refractivity contribution in [2.75, 3.05) is 36.5 Å². The van der Waals surface area contributed by atoms with E-state index in [1.54, 1.807) is 18.2 Å². The lowest BCUT2D eigenvalue weighted by Gasteiger charge is -2.30. The van der Waals surface area contributed by atoms with Crippen LogP contribution in [0.15, 0.2) is 42.5 Å². The molecule has 8 heteroatoms. The number of nitro groups is 1. The van der Waals surface area contributed by atoms with Crippen LogP contribution in [0.2, 0.25) is 0 Å². The minimum atomic E-state index is -0.436. The summed E-state index contributed by atoms with van der Waals surface area (Å²) in [4.78, 5) is 25.1. The predicted octanol–water partition coefficient (Wildman–Crippen LogP) is 3.29. The van der Waals surface area contributed by atoms with Crippen molar-refractivity contribution in [1.82, 2.24) is 0 Å². The van der Waals surface area contributed by atoms with Crippen LogP contribution in [0.3, 0.4) is 0 Å². The molecule has 0 aromatic heterocycles. The highest BCUT2D eigenvalue weighted by molar-refractivity contribution is 14.1. The van der Waals surface area contributed by atoms with E-state index in [9.17, 15) is 14.9 Å². The van der Waals surface area contributed by atoms with Crippen molar-refractivity contribution in [3.05, 3.63) is 61.7 Å². The summed E-state index contributed by atoms with van der Waals surface area (Å²) in [6.07, 6.45) is 0. The number of nitrogens with one attached hydrogen (secondary N) is 1. The van der Waals surface area contributed by atoms with E-state index in [1.807, 2.05) is 17.0 Å². The second-order valence-corrected chi connectivity index (χ2v) is 6.76. The molecule has 0 atom stereocenters. The van der Waals surface area contributed by atoms with Crippen LogP contribution in [-0.4, -0.2) is 37.1 Å². The number of benzene rings is 2. The van der Waals surface area contributed by atoms with Gasteiger partial charge in [-0.05, 0) is 52.9 Å². The third-order valence-corrected chi connectivity index (χ3v) is 4.62. The third-order valence-electron chi connectivity index (χ3n) is 3.90. The molecular weight excluding hydrogens is 437 g/mol. The first-order chi connectivity index (χ1) is 12.0. The first-order valence-electron chi connectivity index (χ1n) is 7.72.